The summed E-state index contributed by atoms with van der Waals surface area (Å²) >= 11 is 0. The van der Waals surface area contributed by atoms with Gasteiger partial charge in [-0.1, -0.05) is 164 Å². The largest absolute Gasteiger partial charge is 0.310 e. The van der Waals surface area contributed by atoms with Gasteiger partial charge in [0.05, 0.1) is 0 Å². The Morgan fingerprint density at radius 2 is 1.54 bits per heavy atom. The lowest BCUT2D eigenvalue weighted by atomic mass is 9.87. The van der Waals surface area contributed by atoms with Crippen molar-refractivity contribution in [3.63, 3.8) is 0 Å². The van der Waals surface area contributed by atoms with Crippen LogP contribution < -0.4 is 5.32 Å². The van der Waals surface area contributed by atoms with Crippen LogP contribution in [-0.4, -0.2) is 6.54 Å². The van der Waals surface area contributed by atoms with Crippen LogP contribution in [0.2, 0.25) is 0 Å². The first-order valence-electron chi connectivity index (χ1n) is 17.4. The standard InChI is InChI=1S/C22H24.C20H29N.C2H6.CH4/c1-5-19(13-12-18(3)4)14-15-20(6-2)22(16-17-22)21-10-8-7-9-11-21;1-4-6-9-15-21-20(10-5-2)19-14-13-16(3)17-11-7-8-12-18(17)19;1-2;/h2,7-15H,3,5,16-17H2,1,4H3;7-8,11-14,20-21H,4-6,9-10,15H2,1-3H3;1-2H3;1H4/b13-12+,19-14+,20-15+;;;. The second-order valence-corrected chi connectivity index (χ2v) is 12.0. The van der Waals surface area contributed by atoms with E-state index in [9.17, 15) is 0 Å². The van der Waals surface area contributed by atoms with E-state index in [1.807, 2.05) is 26.8 Å². The Morgan fingerprint density at radius 1 is 0.891 bits per heavy atom. The van der Waals surface area contributed by atoms with E-state index in [1.165, 1.54) is 65.1 Å². The van der Waals surface area contributed by atoms with E-state index < -0.39 is 0 Å². The van der Waals surface area contributed by atoms with Gasteiger partial charge in [0, 0.05) is 17.0 Å². The van der Waals surface area contributed by atoms with Crippen LogP contribution >= 0.6 is 0 Å². The number of terminal acetylenes is 1. The molecule has 1 saturated carbocycles. The summed E-state index contributed by atoms with van der Waals surface area (Å²) in [5.41, 5.74) is 7.66. The topological polar surface area (TPSA) is 12.0 Å². The molecule has 0 aromatic heterocycles. The van der Waals surface area contributed by atoms with Crippen LogP contribution in [0.3, 0.4) is 0 Å². The predicted octanol–water partition coefficient (Wildman–Crippen LogP) is 13.2. The summed E-state index contributed by atoms with van der Waals surface area (Å²) < 4.78 is 0. The molecule has 1 fully saturated rings. The maximum absolute atomic E-state index is 5.81. The average molecular weight is 618 g/mol. The lowest BCUT2D eigenvalue weighted by molar-refractivity contribution is 0.483. The fraction of sp³-hybridized carbons (Fsp3) is 0.422. The van der Waals surface area contributed by atoms with Crippen LogP contribution in [0.15, 0.2) is 114 Å². The summed E-state index contributed by atoms with van der Waals surface area (Å²) in [6.07, 6.45) is 23.8. The van der Waals surface area contributed by atoms with Gasteiger partial charge in [-0.2, -0.15) is 0 Å². The highest BCUT2D eigenvalue weighted by molar-refractivity contribution is 5.88. The number of nitrogens with one attached hydrogen (secondary N) is 1. The van der Waals surface area contributed by atoms with Crippen LogP contribution in [0.25, 0.3) is 10.8 Å². The van der Waals surface area contributed by atoms with Gasteiger partial charge in [0.1, 0.15) is 0 Å². The molecule has 0 heterocycles. The summed E-state index contributed by atoms with van der Waals surface area (Å²) in [6.45, 7) is 19.9. The van der Waals surface area contributed by atoms with Gasteiger partial charge in [-0.3, -0.25) is 0 Å². The summed E-state index contributed by atoms with van der Waals surface area (Å²) in [5.74, 6) is 2.92. The number of hydrogen-bond acceptors (Lipinski definition) is 1. The van der Waals surface area contributed by atoms with Gasteiger partial charge in [-0.25, -0.2) is 0 Å². The molecular weight excluding hydrogens is 555 g/mol. The van der Waals surface area contributed by atoms with Gasteiger partial charge < -0.3 is 5.32 Å². The quantitative estimate of drug-likeness (QED) is 0.108. The normalized spacial score (nSPS) is 14.2. The monoisotopic (exact) mass is 617 g/mol. The minimum Gasteiger partial charge on any atom is -0.310 e. The minimum atomic E-state index is 0. The zero-order valence-corrected chi connectivity index (χ0v) is 29.4. The lowest BCUT2D eigenvalue weighted by Gasteiger charge is -2.21. The van der Waals surface area contributed by atoms with E-state index in [2.05, 4.69) is 130 Å². The van der Waals surface area contributed by atoms with Crippen molar-refractivity contribution in [1.82, 2.24) is 5.32 Å². The molecule has 0 radical (unpaired) electrons. The van der Waals surface area contributed by atoms with E-state index in [0.717, 1.165) is 37.0 Å². The van der Waals surface area contributed by atoms with E-state index >= 15 is 0 Å². The second-order valence-electron chi connectivity index (χ2n) is 12.0. The van der Waals surface area contributed by atoms with E-state index in [0.29, 0.717) is 6.04 Å². The molecule has 0 saturated heterocycles. The highest BCUT2D eigenvalue weighted by atomic mass is 14.9. The third-order valence-corrected chi connectivity index (χ3v) is 8.50. The summed E-state index contributed by atoms with van der Waals surface area (Å²) in [7, 11) is 0. The van der Waals surface area contributed by atoms with Gasteiger partial charge in [0.25, 0.3) is 0 Å². The molecule has 1 heteroatoms. The maximum atomic E-state index is 5.81. The molecule has 3 aromatic carbocycles. The molecule has 0 bridgehead atoms. The smallest absolute Gasteiger partial charge is 0.0326 e. The number of rotatable bonds is 14. The Kier molecular flexibility index (Phi) is 19.3. The highest BCUT2D eigenvalue weighted by Crippen LogP contribution is 2.53. The fourth-order valence-corrected chi connectivity index (χ4v) is 5.76. The zero-order chi connectivity index (χ0) is 33.1. The van der Waals surface area contributed by atoms with E-state index in [1.54, 1.807) is 0 Å². The number of allylic oxidation sites excluding steroid dienone is 7. The van der Waals surface area contributed by atoms with Crippen molar-refractivity contribution in [1.29, 1.82) is 0 Å². The molecule has 1 atom stereocenters. The van der Waals surface area contributed by atoms with E-state index in [4.69, 9.17) is 6.42 Å². The first-order chi connectivity index (χ1) is 21.9. The molecule has 0 amide bonds. The third-order valence-electron chi connectivity index (χ3n) is 8.50. The average Bonchev–Trinajstić information content (AvgIpc) is 3.88. The van der Waals surface area contributed by atoms with Gasteiger partial charge >= 0.3 is 0 Å². The molecule has 248 valence electrons. The van der Waals surface area contributed by atoms with Gasteiger partial charge in [0.2, 0.25) is 0 Å². The molecule has 1 N–H and O–H groups in total. The van der Waals surface area contributed by atoms with Crippen LogP contribution in [0, 0.1) is 19.3 Å². The van der Waals surface area contributed by atoms with Crippen molar-refractivity contribution in [2.75, 3.05) is 6.54 Å². The van der Waals surface area contributed by atoms with Crippen molar-refractivity contribution < 1.29 is 0 Å². The van der Waals surface area contributed by atoms with Crippen LogP contribution in [0.1, 0.15) is 123 Å². The summed E-state index contributed by atoms with van der Waals surface area (Å²) in [4.78, 5) is 0. The van der Waals surface area contributed by atoms with Gasteiger partial charge in [0.15, 0.2) is 0 Å². The van der Waals surface area contributed by atoms with E-state index in [-0.39, 0.29) is 12.8 Å². The van der Waals surface area contributed by atoms with Crippen molar-refractivity contribution in [3.05, 3.63) is 131 Å². The Bertz CT molecular complexity index is 1440. The Balaban J connectivity index is 0.000000428. The number of fused-ring (bicyclic) bond motifs is 1. The maximum Gasteiger partial charge on any atom is 0.0326 e. The minimum absolute atomic E-state index is 0. The molecule has 1 aliphatic carbocycles. The lowest BCUT2D eigenvalue weighted by Crippen LogP contribution is -2.22. The number of aryl methyl sites for hydroxylation is 1. The Labute approximate surface area is 284 Å². The first-order valence-corrected chi connectivity index (χ1v) is 17.4. The van der Waals surface area contributed by atoms with Gasteiger partial charge in [-0.15, -0.1) is 6.42 Å². The number of unbranched alkanes of at least 4 members (excludes halogenated alkanes) is 2. The molecule has 3 aromatic rings. The molecule has 0 spiro atoms. The predicted molar refractivity (Wildman–Crippen MR) is 209 cm³/mol. The molecule has 1 unspecified atom stereocenters. The molecule has 1 aliphatic rings. The summed E-state index contributed by atoms with van der Waals surface area (Å²) in [5, 5.41) is 6.59. The molecule has 0 aliphatic heterocycles. The molecular formula is C45H63N. The van der Waals surface area contributed by atoms with Crippen molar-refractivity contribution >= 4 is 10.8 Å². The van der Waals surface area contributed by atoms with Gasteiger partial charge in [-0.05, 0) is 91.6 Å². The highest BCUT2D eigenvalue weighted by Gasteiger charge is 2.46. The number of hydrogen-bond donors (Lipinski definition) is 1. The summed E-state index contributed by atoms with van der Waals surface area (Å²) in [6, 6.07) is 24.5. The molecule has 4 rings (SSSR count). The van der Waals surface area contributed by atoms with Crippen LogP contribution in [0.5, 0.6) is 0 Å². The third kappa shape index (κ3) is 12.0. The first kappa shape index (κ1) is 40.4. The Hall–Kier alpha value is -3.60. The fourth-order valence-electron chi connectivity index (χ4n) is 5.76. The molecule has 1 nitrogen and oxygen atoms in total. The van der Waals surface area contributed by atoms with Crippen LogP contribution in [0.4, 0.5) is 0 Å². The van der Waals surface area contributed by atoms with Crippen molar-refractivity contribution in [2.45, 2.75) is 119 Å². The van der Waals surface area contributed by atoms with Crippen LogP contribution in [-0.2, 0) is 5.41 Å². The van der Waals surface area contributed by atoms with Crippen molar-refractivity contribution in [3.8, 4) is 12.3 Å². The number of benzene rings is 3. The van der Waals surface area contributed by atoms with Crippen molar-refractivity contribution in [2.24, 2.45) is 0 Å². The zero-order valence-electron chi connectivity index (χ0n) is 29.4. The SMILES string of the molecule is C.C#C\C(=C/C=C(/C=C/C(=C)C)CC)C1(c2ccccc2)CC1.CC.CCCCCNC(CCC)c1ccc(C)c2ccccc12. The second kappa shape index (κ2) is 22.0. The molecule has 46 heavy (non-hydrogen) atoms. The Morgan fingerprint density at radius 3 is 2.11 bits per heavy atom.